The van der Waals surface area contributed by atoms with Crippen LogP contribution in [0.25, 0.3) is 10.4 Å². The second kappa shape index (κ2) is 6.78. The van der Waals surface area contributed by atoms with Crippen LogP contribution in [0.2, 0.25) is 0 Å². The third-order valence-electron chi connectivity index (χ3n) is 3.71. The maximum atomic E-state index is 12.1. The Kier molecular flexibility index (Phi) is 4.73. The summed E-state index contributed by atoms with van der Waals surface area (Å²) in [5.74, 6) is -0.455. The number of carbonyl (C=O) groups is 2. The van der Waals surface area contributed by atoms with Crippen LogP contribution in [0.1, 0.15) is 17.8 Å². The Hall–Kier alpha value is -2.12. The Morgan fingerprint density at radius 1 is 1.21 bits per heavy atom. The molecule has 0 radical (unpaired) electrons. The molecule has 0 saturated heterocycles. The minimum Gasteiger partial charge on any atom is -0.466 e. The third-order valence-corrected chi connectivity index (χ3v) is 5.44. The predicted molar refractivity (Wildman–Crippen MR) is 96.6 cm³/mol. The number of halogens is 1. The lowest BCUT2D eigenvalue weighted by Gasteiger charge is -2.26. The van der Waals surface area contributed by atoms with Crippen LogP contribution in [-0.4, -0.2) is 19.1 Å². The molecule has 3 rings (SSSR count). The van der Waals surface area contributed by atoms with E-state index < -0.39 is 12.0 Å². The Bertz CT molecular complexity index is 827. The number of amides is 2. The number of rotatable bonds is 3. The minimum absolute atomic E-state index is 0.330. The topological polar surface area (TPSA) is 67.4 Å². The molecule has 2 amide bonds. The molecular weight excluding hydrogens is 392 g/mol. The molecule has 2 heterocycles. The van der Waals surface area contributed by atoms with Gasteiger partial charge in [-0.15, -0.1) is 11.3 Å². The maximum absolute atomic E-state index is 12.1. The third kappa shape index (κ3) is 3.22. The number of benzene rings is 1. The highest BCUT2D eigenvalue weighted by molar-refractivity contribution is 9.10. The minimum atomic E-state index is -0.514. The van der Waals surface area contributed by atoms with E-state index in [1.165, 1.54) is 18.4 Å². The number of ether oxygens (including phenoxy) is 1. The van der Waals surface area contributed by atoms with E-state index in [-0.39, 0.29) is 6.03 Å². The average molecular weight is 407 g/mol. The van der Waals surface area contributed by atoms with E-state index in [2.05, 4.69) is 26.6 Å². The smallest absolute Gasteiger partial charge is 0.338 e. The van der Waals surface area contributed by atoms with Gasteiger partial charge >= 0.3 is 12.0 Å². The van der Waals surface area contributed by atoms with E-state index in [0.717, 1.165) is 19.8 Å². The largest absolute Gasteiger partial charge is 0.466 e. The molecule has 0 bridgehead atoms. The van der Waals surface area contributed by atoms with E-state index in [1.807, 2.05) is 36.4 Å². The summed E-state index contributed by atoms with van der Waals surface area (Å²) in [4.78, 5) is 25.9. The number of allylic oxidation sites excluding steroid dienone is 1. The molecule has 2 aromatic rings. The first-order chi connectivity index (χ1) is 11.5. The van der Waals surface area contributed by atoms with Crippen molar-refractivity contribution in [2.24, 2.45) is 0 Å². The lowest BCUT2D eigenvalue weighted by atomic mass is 10.0. The number of hydrogen-bond acceptors (Lipinski definition) is 4. The molecule has 1 atom stereocenters. The molecule has 124 valence electrons. The Balaban J connectivity index is 1.98. The van der Waals surface area contributed by atoms with Gasteiger partial charge in [-0.2, -0.15) is 0 Å². The van der Waals surface area contributed by atoms with Gasteiger partial charge in [0.05, 0.1) is 18.7 Å². The zero-order chi connectivity index (χ0) is 17.3. The molecule has 1 aliphatic rings. The standard InChI is InChI=1S/C17H15BrN2O3S/c1-9-14(16(21)23-2)15(20-17(22)19-9)13-8-7-12(24-13)10-3-5-11(18)6-4-10/h3-8,15H,1-2H3,(H2,19,20,22)/t15-/m0/s1. The Morgan fingerprint density at radius 2 is 1.92 bits per heavy atom. The number of esters is 1. The molecule has 0 aliphatic carbocycles. The van der Waals surface area contributed by atoms with Gasteiger partial charge in [0.15, 0.2) is 0 Å². The fourth-order valence-electron chi connectivity index (χ4n) is 2.57. The van der Waals surface area contributed by atoms with Crippen molar-refractivity contribution in [2.45, 2.75) is 13.0 Å². The first kappa shape index (κ1) is 16.7. The normalized spacial score (nSPS) is 17.3. The van der Waals surface area contributed by atoms with Crippen LogP contribution in [0.4, 0.5) is 4.79 Å². The molecule has 7 heteroatoms. The van der Waals surface area contributed by atoms with E-state index >= 15 is 0 Å². The molecule has 5 nitrogen and oxygen atoms in total. The van der Waals surface area contributed by atoms with E-state index in [4.69, 9.17) is 4.74 Å². The lowest BCUT2D eigenvalue weighted by molar-refractivity contribution is -0.136. The number of thiophene rings is 1. The molecule has 1 aromatic carbocycles. The fraction of sp³-hybridized carbons (Fsp3) is 0.176. The highest BCUT2D eigenvalue weighted by Gasteiger charge is 2.32. The lowest BCUT2D eigenvalue weighted by Crippen LogP contribution is -2.45. The molecule has 0 saturated carbocycles. The van der Waals surface area contributed by atoms with Gasteiger partial charge in [0.25, 0.3) is 0 Å². The monoisotopic (exact) mass is 406 g/mol. The maximum Gasteiger partial charge on any atom is 0.338 e. The zero-order valence-corrected chi connectivity index (χ0v) is 15.5. The van der Waals surface area contributed by atoms with Crippen LogP contribution in [0, 0.1) is 0 Å². The second-order valence-electron chi connectivity index (χ2n) is 5.27. The van der Waals surface area contributed by atoms with Gasteiger partial charge in [0, 0.05) is 19.9 Å². The number of hydrogen-bond donors (Lipinski definition) is 2. The summed E-state index contributed by atoms with van der Waals surface area (Å²) in [6.07, 6.45) is 0. The number of carbonyl (C=O) groups excluding carboxylic acids is 2. The Morgan fingerprint density at radius 3 is 2.58 bits per heavy atom. The van der Waals surface area contributed by atoms with Crippen molar-refractivity contribution < 1.29 is 14.3 Å². The van der Waals surface area contributed by atoms with E-state index in [1.54, 1.807) is 6.92 Å². The zero-order valence-electron chi connectivity index (χ0n) is 13.1. The summed E-state index contributed by atoms with van der Waals surface area (Å²) in [5.41, 5.74) is 2.01. The summed E-state index contributed by atoms with van der Waals surface area (Å²) >= 11 is 4.96. The van der Waals surface area contributed by atoms with Crippen molar-refractivity contribution in [1.29, 1.82) is 0 Å². The van der Waals surface area contributed by atoms with Crippen LogP contribution in [0.15, 0.2) is 52.1 Å². The van der Waals surface area contributed by atoms with Crippen molar-refractivity contribution in [1.82, 2.24) is 10.6 Å². The second-order valence-corrected chi connectivity index (χ2v) is 7.30. The molecule has 0 spiro atoms. The summed E-state index contributed by atoms with van der Waals surface area (Å²) in [6, 6.07) is 11.1. The molecule has 0 unspecified atom stereocenters. The van der Waals surface area contributed by atoms with E-state index in [0.29, 0.717) is 11.3 Å². The van der Waals surface area contributed by atoms with Gasteiger partial charge in [0.2, 0.25) is 0 Å². The molecule has 24 heavy (non-hydrogen) atoms. The first-order valence-electron chi connectivity index (χ1n) is 7.22. The first-order valence-corrected chi connectivity index (χ1v) is 8.83. The molecule has 1 aliphatic heterocycles. The van der Waals surface area contributed by atoms with Crippen molar-refractivity contribution in [2.75, 3.05) is 7.11 Å². The van der Waals surface area contributed by atoms with Gasteiger partial charge in [-0.1, -0.05) is 28.1 Å². The predicted octanol–water partition coefficient (Wildman–Crippen LogP) is 3.98. The van der Waals surface area contributed by atoms with Crippen molar-refractivity contribution in [3.05, 3.63) is 57.0 Å². The molecule has 1 aromatic heterocycles. The van der Waals surface area contributed by atoms with Crippen LogP contribution in [-0.2, 0) is 9.53 Å². The van der Waals surface area contributed by atoms with Gasteiger partial charge < -0.3 is 15.4 Å². The fourth-order valence-corrected chi connectivity index (χ4v) is 3.90. The van der Waals surface area contributed by atoms with E-state index in [9.17, 15) is 9.59 Å². The van der Waals surface area contributed by atoms with Crippen LogP contribution in [0.5, 0.6) is 0 Å². The molecule has 2 N–H and O–H groups in total. The average Bonchev–Trinajstić information content (AvgIpc) is 3.04. The summed E-state index contributed by atoms with van der Waals surface area (Å²) in [6.45, 7) is 1.70. The highest BCUT2D eigenvalue weighted by Crippen LogP contribution is 2.36. The SMILES string of the molecule is COC(=O)C1=C(C)NC(=O)N[C@H]1c1ccc(-c2ccc(Br)cc2)s1. The van der Waals surface area contributed by atoms with Gasteiger partial charge in [-0.25, -0.2) is 9.59 Å². The number of urea groups is 1. The number of methoxy groups -OCH3 is 1. The van der Waals surface area contributed by atoms with Gasteiger partial charge in [-0.05, 0) is 36.8 Å². The van der Waals surface area contributed by atoms with Crippen LogP contribution in [0.3, 0.4) is 0 Å². The van der Waals surface area contributed by atoms with Crippen molar-refractivity contribution in [3.63, 3.8) is 0 Å². The quantitative estimate of drug-likeness (QED) is 0.757. The van der Waals surface area contributed by atoms with Gasteiger partial charge in [0.1, 0.15) is 0 Å². The molecule has 0 fully saturated rings. The summed E-state index contributed by atoms with van der Waals surface area (Å²) < 4.78 is 5.88. The van der Waals surface area contributed by atoms with Gasteiger partial charge in [-0.3, -0.25) is 0 Å². The van der Waals surface area contributed by atoms with Crippen LogP contribution < -0.4 is 10.6 Å². The molecular formula is C17H15BrN2O3S. The summed E-state index contributed by atoms with van der Waals surface area (Å²) in [5, 5.41) is 5.41. The van der Waals surface area contributed by atoms with Crippen LogP contribution >= 0.6 is 27.3 Å². The highest BCUT2D eigenvalue weighted by atomic mass is 79.9. The van der Waals surface area contributed by atoms with Crippen molar-refractivity contribution >= 4 is 39.3 Å². The Labute approximate surface area is 151 Å². The summed E-state index contributed by atoms with van der Waals surface area (Å²) in [7, 11) is 1.33. The van der Waals surface area contributed by atoms with Crippen molar-refractivity contribution in [3.8, 4) is 10.4 Å². The number of nitrogens with one attached hydrogen (secondary N) is 2.